The van der Waals surface area contributed by atoms with Gasteiger partial charge in [0.15, 0.2) is 0 Å². The van der Waals surface area contributed by atoms with Crippen LogP contribution in [0.15, 0.2) is 65.4 Å². The fraction of sp³-hybridized carbons (Fsp3) is 0.318. The molecule has 0 spiro atoms. The van der Waals surface area contributed by atoms with Crippen LogP contribution in [-0.4, -0.2) is 33.0 Å². The Kier molecular flexibility index (Phi) is 6.14. The fourth-order valence-electron chi connectivity index (χ4n) is 3.29. The summed E-state index contributed by atoms with van der Waals surface area (Å²) < 4.78 is 11.5. The topological polar surface area (TPSA) is 46.1 Å². The summed E-state index contributed by atoms with van der Waals surface area (Å²) >= 11 is 0. The summed E-state index contributed by atoms with van der Waals surface area (Å²) in [6.07, 6.45) is 1.98. The van der Waals surface area contributed by atoms with E-state index in [2.05, 4.69) is 41.0 Å². The van der Waals surface area contributed by atoms with Crippen molar-refractivity contribution < 1.29 is 9.47 Å². The van der Waals surface area contributed by atoms with Gasteiger partial charge in [-0.3, -0.25) is 0 Å². The number of rotatable bonds is 7. The van der Waals surface area contributed by atoms with Gasteiger partial charge in [-0.05, 0) is 56.5 Å². The van der Waals surface area contributed by atoms with Crippen LogP contribution in [0.1, 0.15) is 25.5 Å². The molecule has 142 valence electrons. The molecule has 0 saturated heterocycles. The van der Waals surface area contributed by atoms with Crippen molar-refractivity contribution in [2.24, 2.45) is 4.99 Å². The van der Waals surface area contributed by atoms with Crippen LogP contribution >= 0.6 is 0 Å². The normalized spacial score (nSPS) is 17.7. The number of aliphatic imine (C=N–C) groups is 1. The van der Waals surface area contributed by atoms with E-state index >= 15 is 0 Å². The third-order valence-corrected chi connectivity index (χ3v) is 4.78. The van der Waals surface area contributed by atoms with Gasteiger partial charge in [0.1, 0.15) is 23.4 Å². The molecule has 2 aromatic rings. The Bertz CT molecular complexity index is 819. The number of para-hydroxylation sites is 2. The second-order valence-corrected chi connectivity index (χ2v) is 6.53. The Balaban J connectivity index is 1.71. The van der Waals surface area contributed by atoms with Gasteiger partial charge >= 0.3 is 0 Å². The van der Waals surface area contributed by atoms with Crippen LogP contribution in [0.5, 0.6) is 11.5 Å². The summed E-state index contributed by atoms with van der Waals surface area (Å²) in [6.45, 7) is 9.26. The lowest BCUT2D eigenvalue weighted by Crippen LogP contribution is -2.45. The minimum atomic E-state index is 0.00431. The minimum Gasteiger partial charge on any atom is -0.497 e. The number of nitrogens with zero attached hydrogens (tertiary/aromatic N) is 2. The summed E-state index contributed by atoms with van der Waals surface area (Å²) in [6, 6.07) is 16.4. The first-order valence-electron chi connectivity index (χ1n) is 9.19. The monoisotopic (exact) mass is 365 g/mol. The summed E-state index contributed by atoms with van der Waals surface area (Å²) in [4.78, 5) is 6.33. The van der Waals surface area contributed by atoms with Crippen molar-refractivity contribution >= 4 is 12.4 Å². The largest absolute Gasteiger partial charge is 0.497 e. The van der Waals surface area contributed by atoms with E-state index in [0.717, 1.165) is 29.6 Å². The predicted molar refractivity (Wildman–Crippen MR) is 111 cm³/mol. The second-order valence-electron chi connectivity index (χ2n) is 6.53. The van der Waals surface area contributed by atoms with E-state index in [1.54, 1.807) is 7.11 Å². The fourth-order valence-corrected chi connectivity index (χ4v) is 3.29. The van der Waals surface area contributed by atoms with Gasteiger partial charge in [-0.15, -0.1) is 0 Å². The molecule has 0 fully saturated rings. The zero-order chi connectivity index (χ0) is 19.2. The Morgan fingerprint density at radius 2 is 2.19 bits per heavy atom. The van der Waals surface area contributed by atoms with E-state index in [1.165, 1.54) is 5.56 Å². The van der Waals surface area contributed by atoms with Crippen LogP contribution in [-0.2, 0) is 0 Å². The van der Waals surface area contributed by atoms with Gasteiger partial charge in [-0.1, -0.05) is 24.3 Å². The Hall–Kier alpha value is -2.79. The van der Waals surface area contributed by atoms with Gasteiger partial charge < -0.3 is 19.7 Å². The molecular formula is C22H27N3O2. The van der Waals surface area contributed by atoms with E-state index in [0.29, 0.717) is 6.54 Å². The van der Waals surface area contributed by atoms with Gasteiger partial charge in [0, 0.05) is 12.6 Å². The third-order valence-electron chi connectivity index (χ3n) is 4.78. The van der Waals surface area contributed by atoms with E-state index in [9.17, 15) is 0 Å². The highest BCUT2D eigenvalue weighted by Crippen LogP contribution is 2.35. The molecule has 5 heteroatoms. The maximum Gasteiger partial charge on any atom is 0.143 e. The quantitative estimate of drug-likeness (QED) is 0.748. The molecule has 1 heterocycles. The molecule has 1 aliphatic heterocycles. The minimum absolute atomic E-state index is 0.00431. The summed E-state index contributed by atoms with van der Waals surface area (Å²) in [5.74, 6) is 2.58. The zero-order valence-corrected chi connectivity index (χ0v) is 16.2. The second kappa shape index (κ2) is 8.73. The number of hydrogen-bond donors (Lipinski definition) is 1. The van der Waals surface area contributed by atoms with E-state index in [1.807, 2.05) is 49.4 Å². The third kappa shape index (κ3) is 4.31. The average molecular weight is 365 g/mol. The number of methoxy groups -OCH3 is 1. The number of ether oxygens (including phenoxy) is 2. The van der Waals surface area contributed by atoms with E-state index in [-0.39, 0.29) is 12.1 Å². The zero-order valence-electron chi connectivity index (χ0n) is 16.2. The van der Waals surface area contributed by atoms with Crippen molar-refractivity contribution in [1.82, 2.24) is 5.32 Å². The van der Waals surface area contributed by atoms with Crippen molar-refractivity contribution in [3.63, 3.8) is 0 Å². The number of allylic oxidation sites excluding steroid dienone is 1. The van der Waals surface area contributed by atoms with Crippen molar-refractivity contribution in [2.75, 3.05) is 25.1 Å². The highest BCUT2D eigenvalue weighted by atomic mass is 16.5. The predicted octanol–water partition coefficient (Wildman–Crippen LogP) is 4.18. The highest BCUT2D eigenvalue weighted by molar-refractivity contribution is 5.64. The van der Waals surface area contributed by atoms with E-state index in [4.69, 9.17) is 9.47 Å². The van der Waals surface area contributed by atoms with Gasteiger partial charge in [-0.25, -0.2) is 4.99 Å². The van der Waals surface area contributed by atoms with Crippen LogP contribution in [0.25, 0.3) is 0 Å². The molecule has 0 radical (unpaired) electrons. The lowest BCUT2D eigenvalue weighted by atomic mass is 10.1. The Morgan fingerprint density at radius 3 is 2.93 bits per heavy atom. The Labute approximate surface area is 161 Å². The molecule has 2 aromatic carbocycles. The van der Waals surface area contributed by atoms with Gasteiger partial charge in [0.05, 0.1) is 19.3 Å². The van der Waals surface area contributed by atoms with Crippen LogP contribution in [0.3, 0.4) is 0 Å². The van der Waals surface area contributed by atoms with Crippen molar-refractivity contribution in [3.05, 3.63) is 66.0 Å². The molecule has 0 saturated carbocycles. The molecule has 3 rings (SSSR count). The Morgan fingerprint density at radius 1 is 1.37 bits per heavy atom. The molecule has 0 bridgehead atoms. The van der Waals surface area contributed by atoms with Crippen molar-refractivity contribution in [1.29, 1.82) is 0 Å². The van der Waals surface area contributed by atoms with Crippen LogP contribution < -0.4 is 19.7 Å². The average Bonchev–Trinajstić information content (AvgIpc) is 2.72. The van der Waals surface area contributed by atoms with Gasteiger partial charge in [0.2, 0.25) is 0 Å². The summed E-state index contributed by atoms with van der Waals surface area (Å²) in [5, 5.41) is 3.57. The van der Waals surface area contributed by atoms with Crippen molar-refractivity contribution in [2.45, 2.75) is 26.0 Å². The highest BCUT2D eigenvalue weighted by Gasteiger charge is 2.27. The first-order valence-corrected chi connectivity index (χ1v) is 9.19. The number of fused-ring (bicyclic) bond motifs is 1. The lowest BCUT2D eigenvalue weighted by Gasteiger charge is -2.36. The molecule has 1 aliphatic rings. The smallest absolute Gasteiger partial charge is 0.143 e. The molecule has 0 aromatic heterocycles. The standard InChI is InChI=1S/C22H27N3O2/c1-5-22(23-3)25-15-19(27-21-12-7-6-11-20(21)25)14-24-16(2)17-9-8-10-18(13-17)26-4/h5-13,16,19,24H,3,14-15H2,1-2,4H3. The molecule has 27 heavy (non-hydrogen) atoms. The first-order chi connectivity index (χ1) is 13.2. The molecule has 2 unspecified atom stereocenters. The molecule has 2 atom stereocenters. The molecular weight excluding hydrogens is 338 g/mol. The SMILES string of the molecule is C=NC(=CC)N1CC(CNC(C)c2cccc(OC)c2)Oc2ccccc21. The van der Waals surface area contributed by atoms with Crippen molar-refractivity contribution in [3.8, 4) is 11.5 Å². The number of nitrogens with one attached hydrogen (secondary N) is 1. The lowest BCUT2D eigenvalue weighted by molar-refractivity contribution is 0.188. The number of benzene rings is 2. The van der Waals surface area contributed by atoms with Gasteiger partial charge in [-0.2, -0.15) is 0 Å². The molecule has 0 amide bonds. The maximum absolute atomic E-state index is 6.21. The molecule has 0 aliphatic carbocycles. The van der Waals surface area contributed by atoms with E-state index < -0.39 is 0 Å². The summed E-state index contributed by atoms with van der Waals surface area (Å²) in [7, 11) is 1.69. The summed E-state index contributed by atoms with van der Waals surface area (Å²) in [5.41, 5.74) is 2.21. The van der Waals surface area contributed by atoms with Crippen LogP contribution in [0, 0.1) is 0 Å². The molecule has 5 nitrogen and oxygen atoms in total. The number of hydrogen-bond acceptors (Lipinski definition) is 5. The number of anilines is 1. The van der Waals surface area contributed by atoms with Crippen LogP contribution in [0.2, 0.25) is 0 Å². The molecule has 1 N–H and O–H groups in total. The maximum atomic E-state index is 6.21. The van der Waals surface area contributed by atoms with Gasteiger partial charge in [0.25, 0.3) is 0 Å². The van der Waals surface area contributed by atoms with Crippen LogP contribution in [0.4, 0.5) is 5.69 Å². The first kappa shape index (κ1) is 19.0.